The number of aliphatic hydroxyl groups is 1. The van der Waals surface area contributed by atoms with Crippen molar-refractivity contribution in [2.75, 3.05) is 6.61 Å². The fourth-order valence-corrected chi connectivity index (χ4v) is 1.75. The summed E-state index contributed by atoms with van der Waals surface area (Å²) in [4.78, 5) is 0. The fourth-order valence-electron chi connectivity index (χ4n) is 1.37. The van der Waals surface area contributed by atoms with Crippen LogP contribution in [0.25, 0.3) is 11.0 Å². The second-order valence-corrected chi connectivity index (χ2v) is 4.78. The van der Waals surface area contributed by atoms with Crippen LogP contribution in [-0.4, -0.2) is 11.7 Å². The fraction of sp³-hybridized carbons (Fsp3) is 0.273. The molecule has 0 saturated carbocycles. The molecule has 0 aliphatic rings. The van der Waals surface area contributed by atoms with Crippen LogP contribution >= 0.6 is 15.9 Å². The molecule has 1 atom stereocenters. The number of benzene rings is 1. The summed E-state index contributed by atoms with van der Waals surface area (Å²) in [5, 5.41) is 10.1. The molecule has 1 unspecified atom stereocenters. The Morgan fingerprint density at radius 3 is 2.87 bits per heavy atom. The molecule has 3 N–H and O–H groups in total. The zero-order chi connectivity index (χ0) is 11.1. The molecule has 0 radical (unpaired) electrons. The van der Waals surface area contributed by atoms with Crippen molar-refractivity contribution in [2.45, 2.75) is 12.5 Å². The number of hydrogen-bond donors (Lipinski definition) is 2. The molecule has 0 amide bonds. The largest absolute Gasteiger partial charge is 0.459 e. The summed E-state index contributed by atoms with van der Waals surface area (Å²) < 4.78 is 6.56. The maximum atomic E-state index is 9.13. The highest BCUT2D eigenvalue weighted by molar-refractivity contribution is 9.10. The first-order valence-corrected chi connectivity index (χ1v) is 5.41. The lowest BCUT2D eigenvalue weighted by Crippen LogP contribution is -2.36. The summed E-state index contributed by atoms with van der Waals surface area (Å²) in [7, 11) is 0. The summed E-state index contributed by atoms with van der Waals surface area (Å²) in [6.45, 7) is 1.59. The Kier molecular flexibility index (Phi) is 2.58. The highest BCUT2D eigenvalue weighted by Crippen LogP contribution is 2.28. The van der Waals surface area contributed by atoms with Crippen molar-refractivity contribution in [2.24, 2.45) is 5.73 Å². The van der Waals surface area contributed by atoms with Crippen molar-refractivity contribution in [3.8, 4) is 0 Å². The number of nitrogens with two attached hydrogens (primary N) is 1. The normalized spacial score (nSPS) is 15.5. The molecule has 1 aromatic carbocycles. The van der Waals surface area contributed by atoms with E-state index in [1.165, 1.54) is 0 Å². The van der Waals surface area contributed by atoms with Crippen LogP contribution in [-0.2, 0) is 5.54 Å². The minimum Gasteiger partial charge on any atom is -0.459 e. The third-order valence-corrected chi connectivity index (χ3v) is 2.86. The van der Waals surface area contributed by atoms with Gasteiger partial charge in [-0.3, -0.25) is 0 Å². The van der Waals surface area contributed by atoms with E-state index in [-0.39, 0.29) is 6.61 Å². The number of fused-ring (bicyclic) bond motifs is 1. The van der Waals surface area contributed by atoms with Crippen LogP contribution in [0.5, 0.6) is 0 Å². The Bertz CT molecular complexity index is 490. The van der Waals surface area contributed by atoms with Crippen molar-refractivity contribution in [1.82, 2.24) is 0 Å². The van der Waals surface area contributed by atoms with Gasteiger partial charge in [-0.1, -0.05) is 15.9 Å². The number of aliphatic hydroxyl groups excluding tert-OH is 1. The molecule has 0 saturated heterocycles. The van der Waals surface area contributed by atoms with Crippen molar-refractivity contribution in [3.05, 3.63) is 34.5 Å². The second-order valence-electron chi connectivity index (χ2n) is 3.87. The minimum absolute atomic E-state index is 0.145. The van der Waals surface area contributed by atoms with E-state index in [4.69, 9.17) is 15.3 Å². The SMILES string of the molecule is CC(N)(CO)c1cc2cc(Br)ccc2o1. The molecule has 0 fully saturated rings. The summed E-state index contributed by atoms with van der Waals surface area (Å²) in [5.41, 5.74) is 5.83. The van der Waals surface area contributed by atoms with Gasteiger partial charge in [0.15, 0.2) is 0 Å². The Morgan fingerprint density at radius 1 is 1.47 bits per heavy atom. The molecule has 0 spiro atoms. The Labute approximate surface area is 96.0 Å². The van der Waals surface area contributed by atoms with Crippen LogP contribution in [0, 0.1) is 0 Å². The molecule has 2 rings (SSSR count). The maximum absolute atomic E-state index is 9.13. The van der Waals surface area contributed by atoms with E-state index in [9.17, 15) is 0 Å². The standard InChI is InChI=1S/C11H12BrNO2/c1-11(13,6-14)10-5-7-4-8(12)2-3-9(7)15-10/h2-5,14H,6,13H2,1H3. The molecule has 80 valence electrons. The van der Waals surface area contributed by atoms with Crippen molar-refractivity contribution in [1.29, 1.82) is 0 Å². The smallest absolute Gasteiger partial charge is 0.134 e. The van der Waals surface area contributed by atoms with Crippen LogP contribution in [0.4, 0.5) is 0 Å². The van der Waals surface area contributed by atoms with Gasteiger partial charge in [-0.2, -0.15) is 0 Å². The minimum atomic E-state index is -0.828. The van der Waals surface area contributed by atoms with Gasteiger partial charge in [0, 0.05) is 9.86 Å². The number of hydrogen-bond acceptors (Lipinski definition) is 3. The third-order valence-electron chi connectivity index (χ3n) is 2.37. The van der Waals surface area contributed by atoms with E-state index >= 15 is 0 Å². The van der Waals surface area contributed by atoms with Gasteiger partial charge >= 0.3 is 0 Å². The first-order valence-electron chi connectivity index (χ1n) is 4.62. The van der Waals surface area contributed by atoms with Crippen LogP contribution in [0.2, 0.25) is 0 Å². The van der Waals surface area contributed by atoms with Crippen molar-refractivity contribution >= 4 is 26.9 Å². The predicted molar refractivity (Wildman–Crippen MR) is 62.5 cm³/mol. The zero-order valence-corrected chi connectivity index (χ0v) is 9.91. The Hall–Kier alpha value is -0.840. The van der Waals surface area contributed by atoms with Gasteiger partial charge in [0.2, 0.25) is 0 Å². The van der Waals surface area contributed by atoms with Gasteiger partial charge in [-0.15, -0.1) is 0 Å². The summed E-state index contributed by atoms with van der Waals surface area (Å²) in [5.74, 6) is 0.595. The van der Waals surface area contributed by atoms with E-state index < -0.39 is 5.54 Å². The second kappa shape index (κ2) is 3.63. The topological polar surface area (TPSA) is 59.4 Å². The Morgan fingerprint density at radius 2 is 2.20 bits per heavy atom. The van der Waals surface area contributed by atoms with Crippen molar-refractivity contribution < 1.29 is 9.52 Å². The monoisotopic (exact) mass is 269 g/mol. The average molecular weight is 270 g/mol. The molecule has 2 aromatic rings. The number of rotatable bonds is 2. The molecular formula is C11H12BrNO2. The quantitative estimate of drug-likeness (QED) is 0.880. The van der Waals surface area contributed by atoms with E-state index in [0.717, 1.165) is 15.4 Å². The van der Waals surface area contributed by atoms with Crippen LogP contribution in [0.1, 0.15) is 12.7 Å². The molecule has 0 bridgehead atoms. The first kappa shape index (κ1) is 10.7. The molecular weight excluding hydrogens is 258 g/mol. The van der Waals surface area contributed by atoms with Crippen molar-refractivity contribution in [3.63, 3.8) is 0 Å². The summed E-state index contributed by atoms with van der Waals surface area (Å²) >= 11 is 3.39. The predicted octanol–water partition coefficient (Wildman–Crippen LogP) is 2.36. The van der Waals surface area contributed by atoms with Gasteiger partial charge < -0.3 is 15.3 Å². The highest BCUT2D eigenvalue weighted by Gasteiger charge is 2.24. The summed E-state index contributed by atoms with van der Waals surface area (Å²) in [6, 6.07) is 7.59. The first-order chi connectivity index (χ1) is 7.03. The molecule has 1 heterocycles. The number of halogens is 1. The molecule has 15 heavy (non-hydrogen) atoms. The summed E-state index contributed by atoms with van der Waals surface area (Å²) in [6.07, 6.45) is 0. The molecule has 0 aliphatic heterocycles. The van der Waals surface area contributed by atoms with Gasteiger partial charge in [-0.25, -0.2) is 0 Å². The van der Waals surface area contributed by atoms with E-state index in [1.807, 2.05) is 24.3 Å². The lowest BCUT2D eigenvalue weighted by molar-refractivity contribution is 0.190. The molecule has 3 nitrogen and oxygen atoms in total. The van der Waals surface area contributed by atoms with E-state index in [2.05, 4.69) is 15.9 Å². The van der Waals surface area contributed by atoms with Gasteiger partial charge in [-0.05, 0) is 31.2 Å². The zero-order valence-electron chi connectivity index (χ0n) is 8.33. The molecule has 4 heteroatoms. The average Bonchev–Trinajstić information content (AvgIpc) is 2.61. The molecule has 1 aromatic heterocycles. The van der Waals surface area contributed by atoms with Crippen LogP contribution in [0.3, 0.4) is 0 Å². The van der Waals surface area contributed by atoms with Gasteiger partial charge in [0.25, 0.3) is 0 Å². The van der Waals surface area contributed by atoms with E-state index in [1.54, 1.807) is 6.92 Å². The van der Waals surface area contributed by atoms with E-state index in [0.29, 0.717) is 5.76 Å². The molecule has 0 aliphatic carbocycles. The van der Waals surface area contributed by atoms with Crippen LogP contribution < -0.4 is 5.73 Å². The third kappa shape index (κ3) is 1.93. The number of furan rings is 1. The van der Waals surface area contributed by atoms with Gasteiger partial charge in [0.05, 0.1) is 12.1 Å². The lowest BCUT2D eigenvalue weighted by atomic mass is 10.0. The highest BCUT2D eigenvalue weighted by atomic mass is 79.9. The van der Waals surface area contributed by atoms with Crippen LogP contribution in [0.15, 0.2) is 33.2 Å². The Balaban J connectivity index is 2.56. The maximum Gasteiger partial charge on any atom is 0.134 e. The van der Waals surface area contributed by atoms with Gasteiger partial charge in [0.1, 0.15) is 11.3 Å². The lowest BCUT2D eigenvalue weighted by Gasteiger charge is -2.17.